The number of nitrogens with zero attached hydrogens (tertiary/aromatic N) is 5. The van der Waals surface area contributed by atoms with Crippen molar-refractivity contribution in [2.45, 2.75) is 25.3 Å². The molecule has 8 heteroatoms. The summed E-state index contributed by atoms with van der Waals surface area (Å²) in [4.78, 5) is 26.9. The molecule has 3 heterocycles. The van der Waals surface area contributed by atoms with E-state index in [4.69, 9.17) is 4.74 Å². The van der Waals surface area contributed by atoms with Crippen LogP contribution in [0, 0.1) is 0 Å². The molecule has 0 saturated carbocycles. The van der Waals surface area contributed by atoms with Gasteiger partial charge in [0.05, 0.1) is 0 Å². The molecular weight excluding hydrogens is 332 g/mol. The van der Waals surface area contributed by atoms with Crippen LogP contribution in [0.3, 0.4) is 0 Å². The van der Waals surface area contributed by atoms with Crippen LogP contribution in [0.2, 0.25) is 0 Å². The van der Waals surface area contributed by atoms with Gasteiger partial charge in [0.15, 0.2) is 0 Å². The normalized spacial score (nSPS) is 20.1. The molecule has 0 aliphatic carbocycles. The van der Waals surface area contributed by atoms with Crippen molar-refractivity contribution < 1.29 is 9.53 Å². The smallest absolute Gasteiger partial charge is 0.248 e. The number of ether oxygens (including phenoxy) is 1. The molecule has 3 rings (SSSR count). The van der Waals surface area contributed by atoms with Gasteiger partial charge >= 0.3 is 0 Å². The zero-order valence-electron chi connectivity index (χ0n) is 15.9. The summed E-state index contributed by atoms with van der Waals surface area (Å²) in [5.74, 6) is 1.92. The van der Waals surface area contributed by atoms with Crippen molar-refractivity contribution in [2.24, 2.45) is 0 Å². The zero-order chi connectivity index (χ0) is 18.4. The standard InChI is InChI=1S/C18H30N6O2/c1-22(2)17-12-16(19-14-20-17)21-15-4-7-23(8-5-15)9-10-24-6-3-11-26-13-18(24)25/h12,14-15H,3-11,13H2,1-2H3,(H,19,20,21). The van der Waals surface area contributed by atoms with E-state index in [1.54, 1.807) is 6.33 Å². The molecule has 2 saturated heterocycles. The molecule has 2 aliphatic rings. The molecule has 144 valence electrons. The molecule has 0 radical (unpaired) electrons. The van der Waals surface area contributed by atoms with E-state index in [2.05, 4.69) is 20.2 Å². The Hall–Kier alpha value is -1.93. The lowest BCUT2D eigenvalue weighted by Crippen LogP contribution is -2.44. The van der Waals surface area contributed by atoms with Crippen LogP contribution in [0.15, 0.2) is 12.4 Å². The van der Waals surface area contributed by atoms with Crippen LogP contribution in [-0.4, -0.2) is 91.7 Å². The minimum Gasteiger partial charge on any atom is -0.372 e. The first kappa shape index (κ1) is 18.8. The van der Waals surface area contributed by atoms with Crippen molar-refractivity contribution in [1.29, 1.82) is 0 Å². The van der Waals surface area contributed by atoms with Gasteiger partial charge in [0.1, 0.15) is 24.6 Å². The molecule has 0 atom stereocenters. The lowest BCUT2D eigenvalue weighted by molar-refractivity contribution is -0.134. The van der Waals surface area contributed by atoms with Crippen molar-refractivity contribution in [3.63, 3.8) is 0 Å². The van der Waals surface area contributed by atoms with Gasteiger partial charge in [0.2, 0.25) is 5.91 Å². The first-order valence-corrected chi connectivity index (χ1v) is 9.45. The lowest BCUT2D eigenvalue weighted by Gasteiger charge is -2.34. The second-order valence-electron chi connectivity index (χ2n) is 7.20. The average Bonchev–Trinajstić information content (AvgIpc) is 2.85. The molecule has 0 aromatic carbocycles. The highest BCUT2D eigenvalue weighted by Gasteiger charge is 2.22. The molecule has 1 amide bonds. The molecule has 1 aromatic rings. The Morgan fingerprint density at radius 1 is 1.23 bits per heavy atom. The molecule has 26 heavy (non-hydrogen) atoms. The Morgan fingerprint density at radius 3 is 2.81 bits per heavy atom. The Labute approximate surface area is 155 Å². The van der Waals surface area contributed by atoms with Gasteiger partial charge in [-0.2, -0.15) is 0 Å². The Bertz CT molecular complexity index is 589. The van der Waals surface area contributed by atoms with E-state index in [0.717, 1.165) is 63.6 Å². The van der Waals surface area contributed by atoms with Crippen molar-refractivity contribution in [3.05, 3.63) is 12.4 Å². The van der Waals surface area contributed by atoms with E-state index < -0.39 is 0 Å². The minimum absolute atomic E-state index is 0.125. The van der Waals surface area contributed by atoms with Crippen LogP contribution >= 0.6 is 0 Å². The highest BCUT2D eigenvalue weighted by atomic mass is 16.5. The van der Waals surface area contributed by atoms with Crippen molar-refractivity contribution in [1.82, 2.24) is 19.8 Å². The molecule has 0 bridgehead atoms. The largest absolute Gasteiger partial charge is 0.372 e. The maximum atomic E-state index is 12.0. The zero-order valence-corrected chi connectivity index (χ0v) is 15.9. The van der Waals surface area contributed by atoms with Crippen LogP contribution in [-0.2, 0) is 9.53 Å². The van der Waals surface area contributed by atoms with Crippen molar-refractivity contribution >= 4 is 17.5 Å². The van der Waals surface area contributed by atoms with Gasteiger partial charge in [-0.3, -0.25) is 4.79 Å². The van der Waals surface area contributed by atoms with Gasteiger partial charge in [0, 0.05) is 65.5 Å². The van der Waals surface area contributed by atoms with Gasteiger partial charge < -0.3 is 24.8 Å². The molecule has 2 fully saturated rings. The second kappa shape index (κ2) is 9.14. The summed E-state index contributed by atoms with van der Waals surface area (Å²) in [5.41, 5.74) is 0. The van der Waals surface area contributed by atoms with E-state index in [9.17, 15) is 4.79 Å². The third-order valence-electron chi connectivity index (χ3n) is 5.03. The van der Waals surface area contributed by atoms with Crippen molar-refractivity contribution in [2.75, 3.05) is 70.2 Å². The highest BCUT2D eigenvalue weighted by Crippen LogP contribution is 2.17. The predicted molar refractivity (Wildman–Crippen MR) is 101 cm³/mol. The lowest BCUT2D eigenvalue weighted by atomic mass is 10.1. The fraction of sp³-hybridized carbons (Fsp3) is 0.722. The number of likely N-dealkylation sites (tertiary alicyclic amines) is 1. The second-order valence-corrected chi connectivity index (χ2v) is 7.20. The number of hydrogen-bond donors (Lipinski definition) is 1. The quantitative estimate of drug-likeness (QED) is 0.797. The van der Waals surface area contributed by atoms with E-state index in [1.807, 2.05) is 30.0 Å². The fourth-order valence-electron chi connectivity index (χ4n) is 3.41. The Kier molecular flexibility index (Phi) is 6.62. The summed E-state index contributed by atoms with van der Waals surface area (Å²) in [5, 5.41) is 3.53. The number of rotatable bonds is 6. The molecule has 1 aromatic heterocycles. The van der Waals surface area contributed by atoms with Crippen LogP contribution < -0.4 is 10.2 Å². The Morgan fingerprint density at radius 2 is 2.04 bits per heavy atom. The number of carbonyl (C=O) groups excluding carboxylic acids is 1. The number of carbonyl (C=O) groups is 1. The van der Waals surface area contributed by atoms with E-state index in [0.29, 0.717) is 12.6 Å². The van der Waals surface area contributed by atoms with E-state index in [1.165, 1.54) is 0 Å². The maximum Gasteiger partial charge on any atom is 0.248 e. The molecule has 0 spiro atoms. The third kappa shape index (κ3) is 5.28. The first-order valence-electron chi connectivity index (χ1n) is 9.45. The highest BCUT2D eigenvalue weighted by molar-refractivity contribution is 5.77. The van der Waals surface area contributed by atoms with Crippen LogP contribution in [0.1, 0.15) is 19.3 Å². The number of nitrogens with one attached hydrogen (secondary N) is 1. The maximum absolute atomic E-state index is 12.0. The summed E-state index contributed by atoms with van der Waals surface area (Å²) in [7, 11) is 3.96. The van der Waals surface area contributed by atoms with Crippen LogP contribution in [0.25, 0.3) is 0 Å². The molecule has 1 N–H and O–H groups in total. The van der Waals surface area contributed by atoms with Gasteiger partial charge in [0.25, 0.3) is 0 Å². The molecular formula is C18H30N6O2. The Balaban J connectivity index is 1.41. The predicted octanol–water partition coefficient (Wildman–Crippen LogP) is 0.668. The average molecular weight is 362 g/mol. The van der Waals surface area contributed by atoms with E-state index >= 15 is 0 Å². The molecule has 0 unspecified atom stereocenters. The van der Waals surface area contributed by atoms with Gasteiger partial charge in [-0.05, 0) is 19.3 Å². The monoisotopic (exact) mass is 362 g/mol. The van der Waals surface area contributed by atoms with Crippen LogP contribution in [0.5, 0.6) is 0 Å². The SMILES string of the molecule is CN(C)c1cc(NC2CCN(CCN3CCCOCC3=O)CC2)ncn1. The number of aromatic nitrogens is 2. The van der Waals surface area contributed by atoms with Gasteiger partial charge in [-0.15, -0.1) is 0 Å². The molecule has 8 nitrogen and oxygen atoms in total. The van der Waals surface area contributed by atoms with Crippen LogP contribution in [0.4, 0.5) is 11.6 Å². The fourth-order valence-corrected chi connectivity index (χ4v) is 3.41. The summed E-state index contributed by atoms with van der Waals surface area (Å²) >= 11 is 0. The van der Waals surface area contributed by atoms with E-state index in [-0.39, 0.29) is 12.5 Å². The summed E-state index contributed by atoms with van der Waals surface area (Å²) in [6, 6.07) is 2.42. The van der Waals surface area contributed by atoms with Crippen molar-refractivity contribution in [3.8, 4) is 0 Å². The number of hydrogen-bond acceptors (Lipinski definition) is 7. The summed E-state index contributed by atoms with van der Waals surface area (Å²) < 4.78 is 5.30. The topological polar surface area (TPSA) is 73.8 Å². The first-order chi connectivity index (χ1) is 12.6. The summed E-state index contributed by atoms with van der Waals surface area (Å²) in [6.45, 7) is 5.58. The minimum atomic E-state index is 0.125. The number of piperidine rings is 1. The molecule has 2 aliphatic heterocycles. The number of amides is 1. The van der Waals surface area contributed by atoms with Gasteiger partial charge in [-0.1, -0.05) is 0 Å². The number of anilines is 2. The summed E-state index contributed by atoms with van der Waals surface area (Å²) in [6.07, 6.45) is 4.71. The van der Waals surface area contributed by atoms with Gasteiger partial charge in [-0.25, -0.2) is 9.97 Å². The third-order valence-corrected chi connectivity index (χ3v) is 5.03.